The molecule has 0 unspecified atom stereocenters. The third kappa shape index (κ3) is 6.28. The van der Waals surface area contributed by atoms with Crippen molar-refractivity contribution in [3.63, 3.8) is 0 Å². The molecule has 100 valence electrons. The summed E-state index contributed by atoms with van der Waals surface area (Å²) in [4.78, 5) is 11.5. The van der Waals surface area contributed by atoms with Crippen LogP contribution < -0.4 is 5.73 Å². The first kappa shape index (κ1) is 14.6. The van der Waals surface area contributed by atoms with E-state index in [-0.39, 0.29) is 5.97 Å². The Morgan fingerprint density at radius 1 is 1.17 bits per heavy atom. The first-order valence-electron chi connectivity index (χ1n) is 6.72. The molecule has 0 heterocycles. The Morgan fingerprint density at radius 2 is 1.89 bits per heavy atom. The van der Waals surface area contributed by atoms with Crippen molar-refractivity contribution in [1.82, 2.24) is 0 Å². The molecule has 18 heavy (non-hydrogen) atoms. The van der Waals surface area contributed by atoms with Crippen molar-refractivity contribution in [1.29, 1.82) is 0 Å². The Morgan fingerprint density at radius 3 is 2.56 bits per heavy atom. The van der Waals surface area contributed by atoms with Gasteiger partial charge in [0.2, 0.25) is 0 Å². The number of hydrogen-bond acceptors (Lipinski definition) is 3. The third-order valence-corrected chi connectivity index (χ3v) is 2.86. The molecule has 0 bridgehead atoms. The number of rotatable bonds is 8. The summed E-state index contributed by atoms with van der Waals surface area (Å²) >= 11 is 0. The number of esters is 1. The van der Waals surface area contributed by atoms with Crippen molar-refractivity contribution in [2.75, 3.05) is 12.3 Å². The van der Waals surface area contributed by atoms with Crippen LogP contribution in [0.25, 0.3) is 0 Å². The Kier molecular flexibility index (Phi) is 6.92. The molecule has 0 aliphatic carbocycles. The highest BCUT2D eigenvalue weighted by Gasteiger charge is 2.03. The number of carbonyl (C=O) groups excluding carboxylic acids is 1. The van der Waals surface area contributed by atoms with Crippen molar-refractivity contribution >= 4 is 11.7 Å². The number of nitrogens with two attached hydrogens (primary N) is 1. The summed E-state index contributed by atoms with van der Waals surface area (Å²) in [7, 11) is 0. The minimum atomic E-state index is -0.108. The van der Waals surface area contributed by atoms with Gasteiger partial charge >= 0.3 is 5.97 Å². The Bertz CT molecular complexity index is 346. The number of benzene rings is 1. The zero-order valence-corrected chi connectivity index (χ0v) is 11.2. The lowest BCUT2D eigenvalue weighted by atomic mass is 10.1. The van der Waals surface area contributed by atoms with Crippen molar-refractivity contribution in [2.45, 2.75) is 45.4 Å². The van der Waals surface area contributed by atoms with E-state index in [1.165, 1.54) is 12.8 Å². The summed E-state index contributed by atoms with van der Waals surface area (Å²) in [5.41, 5.74) is 7.46. The van der Waals surface area contributed by atoms with Crippen LogP contribution in [0.15, 0.2) is 24.3 Å². The van der Waals surface area contributed by atoms with Crippen LogP contribution in [0.1, 0.15) is 44.6 Å². The highest BCUT2D eigenvalue weighted by Crippen LogP contribution is 2.08. The smallest absolute Gasteiger partial charge is 0.306 e. The van der Waals surface area contributed by atoms with Crippen LogP contribution >= 0.6 is 0 Å². The van der Waals surface area contributed by atoms with E-state index in [4.69, 9.17) is 10.5 Å². The molecule has 3 heteroatoms. The number of aryl methyl sites for hydroxylation is 1. The molecule has 0 saturated heterocycles. The molecular formula is C15H23NO2. The first-order valence-corrected chi connectivity index (χ1v) is 6.72. The average Bonchev–Trinajstić information content (AvgIpc) is 2.38. The van der Waals surface area contributed by atoms with E-state index in [1.54, 1.807) is 0 Å². The van der Waals surface area contributed by atoms with Crippen molar-refractivity contribution in [3.8, 4) is 0 Å². The van der Waals surface area contributed by atoms with E-state index in [2.05, 4.69) is 6.92 Å². The summed E-state index contributed by atoms with van der Waals surface area (Å²) in [5.74, 6) is -0.108. The van der Waals surface area contributed by atoms with E-state index >= 15 is 0 Å². The van der Waals surface area contributed by atoms with Gasteiger partial charge in [-0.2, -0.15) is 0 Å². The van der Waals surface area contributed by atoms with Gasteiger partial charge in [-0.25, -0.2) is 0 Å². The highest BCUT2D eigenvalue weighted by molar-refractivity contribution is 5.69. The van der Waals surface area contributed by atoms with Gasteiger partial charge in [-0.15, -0.1) is 0 Å². The number of ether oxygens (including phenoxy) is 1. The Balaban J connectivity index is 2.11. The molecule has 1 aromatic rings. The summed E-state index contributed by atoms with van der Waals surface area (Å²) < 4.78 is 5.17. The van der Waals surface area contributed by atoms with Crippen LogP contribution in [0.5, 0.6) is 0 Å². The van der Waals surface area contributed by atoms with Crippen molar-refractivity contribution < 1.29 is 9.53 Å². The largest absolute Gasteiger partial charge is 0.466 e. The fourth-order valence-corrected chi connectivity index (χ4v) is 1.72. The molecule has 1 rings (SSSR count). The van der Waals surface area contributed by atoms with Gasteiger partial charge in [-0.05, 0) is 30.5 Å². The van der Waals surface area contributed by atoms with Gasteiger partial charge in [0.05, 0.1) is 6.61 Å². The maximum atomic E-state index is 11.5. The number of anilines is 1. The lowest BCUT2D eigenvalue weighted by Gasteiger charge is -2.05. The molecule has 0 saturated carbocycles. The lowest BCUT2D eigenvalue weighted by molar-refractivity contribution is -0.143. The minimum absolute atomic E-state index is 0.108. The van der Waals surface area contributed by atoms with Gasteiger partial charge in [0, 0.05) is 12.1 Å². The number of unbranched alkanes of at least 4 members (excludes halogenated alkanes) is 3. The molecule has 3 nitrogen and oxygen atoms in total. The number of carbonyl (C=O) groups is 1. The van der Waals surface area contributed by atoms with Crippen molar-refractivity contribution in [3.05, 3.63) is 29.8 Å². The fraction of sp³-hybridized carbons (Fsp3) is 0.533. The van der Waals surface area contributed by atoms with Gasteiger partial charge in [0.15, 0.2) is 0 Å². The van der Waals surface area contributed by atoms with Crippen molar-refractivity contribution in [2.24, 2.45) is 0 Å². The zero-order chi connectivity index (χ0) is 13.2. The standard InChI is InChI=1S/C15H23NO2/c1-2-3-4-5-12-18-15(17)11-8-13-6-9-14(16)10-7-13/h6-7,9-10H,2-5,8,11-12,16H2,1H3. The molecule has 0 amide bonds. The molecule has 0 radical (unpaired) electrons. The van der Waals surface area contributed by atoms with Crippen LogP contribution in [0, 0.1) is 0 Å². The second-order valence-corrected chi connectivity index (χ2v) is 4.52. The van der Waals surface area contributed by atoms with Gasteiger partial charge in [0.25, 0.3) is 0 Å². The van der Waals surface area contributed by atoms with Crippen LogP contribution in [-0.2, 0) is 16.0 Å². The maximum absolute atomic E-state index is 11.5. The van der Waals surface area contributed by atoms with E-state index in [0.29, 0.717) is 19.4 Å². The van der Waals surface area contributed by atoms with Gasteiger partial charge in [-0.1, -0.05) is 38.3 Å². The normalized spacial score (nSPS) is 10.3. The Hall–Kier alpha value is -1.51. The molecule has 0 aromatic heterocycles. The fourth-order valence-electron chi connectivity index (χ4n) is 1.72. The highest BCUT2D eigenvalue weighted by atomic mass is 16.5. The third-order valence-electron chi connectivity index (χ3n) is 2.86. The maximum Gasteiger partial charge on any atom is 0.306 e. The van der Waals surface area contributed by atoms with Crippen LogP contribution in [0.4, 0.5) is 5.69 Å². The molecule has 0 aliphatic heterocycles. The summed E-state index contributed by atoms with van der Waals surface area (Å²) in [5, 5.41) is 0. The number of hydrogen-bond donors (Lipinski definition) is 1. The molecule has 0 aliphatic rings. The number of nitrogen functional groups attached to an aromatic ring is 1. The van der Waals surface area contributed by atoms with Crippen LogP contribution in [-0.4, -0.2) is 12.6 Å². The summed E-state index contributed by atoms with van der Waals surface area (Å²) in [6.45, 7) is 2.72. The van der Waals surface area contributed by atoms with E-state index in [1.807, 2.05) is 24.3 Å². The lowest BCUT2D eigenvalue weighted by Crippen LogP contribution is -2.07. The summed E-state index contributed by atoms with van der Waals surface area (Å²) in [6.07, 6.45) is 5.68. The molecule has 0 spiro atoms. The van der Waals surface area contributed by atoms with Gasteiger partial charge in [0.1, 0.15) is 0 Å². The SMILES string of the molecule is CCCCCCOC(=O)CCc1ccc(N)cc1. The van der Waals surface area contributed by atoms with Crippen LogP contribution in [0.2, 0.25) is 0 Å². The van der Waals surface area contributed by atoms with E-state index < -0.39 is 0 Å². The first-order chi connectivity index (χ1) is 8.72. The predicted molar refractivity (Wildman–Crippen MR) is 74.3 cm³/mol. The van der Waals surface area contributed by atoms with Gasteiger partial charge < -0.3 is 10.5 Å². The van der Waals surface area contributed by atoms with Gasteiger partial charge in [-0.3, -0.25) is 4.79 Å². The molecule has 0 atom stereocenters. The zero-order valence-electron chi connectivity index (χ0n) is 11.2. The second kappa shape index (κ2) is 8.56. The topological polar surface area (TPSA) is 52.3 Å². The molecule has 1 aromatic carbocycles. The molecular weight excluding hydrogens is 226 g/mol. The second-order valence-electron chi connectivity index (χ2n) is 4.52. The quantitative estimate of drug-likeness (QED) is 0.437. The van der Waals surface area contributed by atoms with E-state index in [0.717, 1.165) is 24.1 Å². The minimum Gasteiger partial charge on any atom is -0.466 e. The van der Waals surface area contributed by atoms with Crippen LogP contribution in [0.3, 0.4) is 0 Å². The summed E-state index contributed by atoms with van der Waals surface area (Å²) in [6, 6.07) is 7.60. The monoisotopic (exact) mass is 249 g/mol. The predicted octanol–water partition coefficient (Wildman–Crippen LogP) is 3.32. The molecule has 0 fully saturated rings. The average molecular weight is 249 g/mol. The Labute approximate surface area is 109 Å². The molecule has 2 N–H and O–H groups in total. The van der Waals surface area contributed by atoms with E-state index in [9.17, 15) is 4.79 Å².